The van der Waals surface area contributed by atoms with Gasteiger partial charge >= 0.3 is 0 Å². The van der Waals surface area contributed by atoms with Crippen LogP contribution in [0.1, 0.15) is 36.6 Å². The number of hydrogen-bond acceptors (Lipinski definition) is 7. The van der Waals surface area contributed by atoms with E-state index < -0.39 is 6.04 Å². The lowest BCUT2D eigenvalue weighted by Crippen LogP contribution is -2.27. The maximum atomic E-state index is 12.4. The van der Waals surface area contributed by atoms with Gasteiger partial charge in [-0.15, -0.1) is 0 Å². The Morgan fingerprint density at radius 2 is 1.97 bits per heavy atom. The molecule has 30 heavy (non-hydrogen) atoms. The monoisotopic (exact) mass is 405 g/mol. The summed E-state index contributed by atoms with van der Waals surface area (Å²) >= 11 is 0. The number of methoxy groups -OCH3 is 1. The van der Waals surface area contributed by atoms with Crippen molar-refractivity contribution in [2.24, 2.45) is 0 Å². The van der Waals surface area contributed by atoms with E-state index >= 15 is 0 Å². The molecule has 2 heterocycles. The topological polar surface area (TPSA) is 91.2 Å². The standard InChI is InChI=1S/C22H23N5O3/c1-13-7-5-6-8-17(13)12-30-18-10-9-16(11-19(18)29-4)21-20(15(3)28)14(2)23-22-24-25-26-27(21)22/h5-11,21H,12H2,1-4H3,(H,23,24,26). The first-order valence-corrected chi connectivity index (χ1v) is 9.61. The summed E-state index contributed by atoms with van der Waals surface area (Å²) in [6, 6.07) is 13.3. The highest BCUT2D eigenvalue weighted by atomic mass is 16.5. The van der Waals surface area contributed by atoms with Crippen molar-refractivity contribution >= 4 is 11.7 Å². The normalized spacial score (nSPS) is 15.4. The van der Waals surface area contributed by atoms with Crippen molar-refractivity contribution < 1.29 is 14.3 Å². The number of anilines is 1. The SMILES string of the molecule is COc1cc(C2C(C(C)=O)=C(C)Nc3nnnn32)ccc1OCc1ccccc1C. The number of ketones is 1. The molecule has 0 saturated heterocycles. The number of Topliss-reactive ketones (excluding diaryl/α,β-unsaturated/α-hetero) is 1. The molecule has 3 aromatic rings. The second-order valence-corrected chi connectivity index (χ2v) is 7.19. The number of benzene rings is 2. The molecule has 8 heteroatoms. The van der Waals surface area contributed by atoms with Crippen LogP contribution in [0.25, 0.3) is 0 Å². The molecule has 0 radical (unpaired) electrons. The maximum absolute atomic E-state index is 12.4. The first-order valence-electron chi connectivity index (χ1n) is 9.61. The molecule has 0 saturated carbocycles. The van der Waals surface area contributed by atoms with E-state index in [1.807, 2.05) is 43.3 Å². The van der Waals surface area contributed by atoms with Crippen LogP contribution in [0, 0.1) is 6.92 Å². The van der Waals surface area contributed by atoms with Gasteiger partial charge in [0.05, 0.1) is 7.11 Å². The summed E-state index contributed by atoms with van der Waals surface area (Å²) in [4.78, 5) is 12.4. The highest BCUT2D eigenvalue weighted by Crippen LogP contribution is 2.38. The minimum absolute atomic E-state index is 0.0509. The number of carbonyl (C=O) groups excluding carboxylic acids is 1. The summed E-state index contributed by atoms with van der Waals surface area (Å²) in [6.45, 7) is 5.88. The fourth-order valence-electron chi connectivity index (χ4n) is 3.68. The van der Waals surface area contributed by atoms with Crippen molar-refractivity contribution in [3.05, 3.63) is 70.4 Å². The van der Waals surface area contributed by atoms with E-state index in [2.05, 4.69) is 33.8 Å². The zero-order valence-electron chi connectivity index (χ0n) is 17.3. The zero-order valence-corrected chi connectivity index (χ0v) is 17.3. The Kier molecular flexibility index (Phi) is 5.22. The van der Waals surface area contributed by atoms with Crippen molar-refractivity contribution in [1.29, 1.82) is 0 Å². The Labute approximate surface area is 174 Å². The molecule has 0 amide bonds. The molecule has 8 nitrogen and oxygen atoms in total. The van der Waals surface area contributed by atoms with E-state index in [1.54, 1.807) is 18.7 Å². The second-order valence-electron chi connectivity index (χ2n) is 7.19. The molecular formula is C22H23N5O3. The van der Waals surface area contributed by atoms with Crippen LogP contribution in [-0.2, 0) is 11.4 Å². The first-order chi connectivity index (χ1) is 14.5. The summed E-state index contributed by atoms with van der Waals surface area (Å²) in [5, 5.41) is 14.9. The molecule has 1 aliphatic rings. The van der Waals surface area contributed by atoms with E-state index in [4.69, 9.17) is 9.47 Å². The van der Waals surface area contributed by atoms with E-state index in [9.17, 15) is 4.79 Å². The molecule has 0 aliphatic carbocycles. The van der Waals surface area contributed by atoms with E-state index in [0.29, 0.717) is 29.6 Å². The molecule has 1 aromatic heterocycles. The van der Waals surface area contributed by atoms with Crippen LogP contribution < -0.4 is 14.8 Å². The molecule has 4 rings (SSSR count). The van der Waals surface area contributed by atoms with E-state index in [-0.39, 0.29) is 5.78 Å². The number of nitrogens with one attached hydrogen (secondary N) is 1. The number of rotatable bonds is 6. The van der Waals surface area contributed by atoms with Gasteiger partial charge in [-0.1, -0.05) is 35.4 Å². The number of allylic oxidation sites excluding steroid dienone is 2. The summed E-state index contributed by atoms with van der Waals surface area (Å²) in [5.74, 6) is 1.64. The Bertz CT molecular complexity index is 1140. The number of fused-ring (bicyclic) bond motifs is 1. The summed E-state index contributed by atoms with van der Waals surface area (Å²) in [7, 11) is 1.59. The van der Waals surface area contributed by atoms with Gasteiger partial charge in [0.1, 0.15) is 12.6 Å². The number of ether oxygens (including phenoxy) is 2. The molecular weight excluding hydrogens is 382 g/mol. The largest absolute Gasteiger partial charge is 0.493 e. The van der Waals surface area contributed by atoms with Gasteiger partial charge in [0, 0.05) is 11.3 Å². The fourth-order valence-corrected chi connectivity index (χ4v) is 3.68. The third kappa shape index (κ3) is 3.52. The Hall–Kier alpha value is -3.68. The quantitative estimate of drug-likeness (QED) is 0.672. The maximum Gasteiger partial charge on any atom is 0.248 e. The highest BCUT2D eigenvalue weighted by Gasteiger charge is 2.32. The third-order valence-corrected chi connectivity index (χ3v) is 5.24. The smallest absolute Gasteiger partial charge is 0.248 e. The first kappa shape index (κ1) is 19.6. The van der Waals surface area contributed by atoms with Gasteiger partial charge in [0.2, 0.25) is 5.95 Å². The van der Waals surface area contributed by atoms with Gasteiger partial charge in [-0.3, -0.25) is 4.79 Å². The predicted molar refractivity (Wildman–Crippen MR) is 111 cm³/mol. The molecule has 1 atom stereocenters. The lowest BCUT2D eigenvalue weighted by atomic mass is 9.93. The van der Waals surface area contributed by atoms with Gasteiger partial charge in [0.15, 0.2) is 17.3 Å². The molecule has 154 valence electrons. The van der Waals surface area contributed by atoms with Crippen molar-refractivity contribution in [1.82, 2.24) is 20.2 Å². The zero-order chi connectivity index (χ0) is 21.3. The third-order valence-electron chi connectivity index (χ3n) is 5.24. The van der Waals surface area contributed by atoms with Crippen molar-refractivity contribution in [2.75, 3.05) is 12.4 Å². The van der Waals surface area contributed by atoms with Crippen LogP contribution in [0.3, 0.4) is 0 Å². The second kappa shape index (κ2) is 7.98. The van der Waals surface area contributed by atoms with Crippen LogP contribution in [0.15, 0.2) is 53.7 Å². The minimum atomic E-state index is -0.451. The fraction of sp³-hybridized carbons (Fsp3) is 0.273. The van der Waals surface area contributed by atoms with Gasteiger partial charge in [-0.25, -0.2) is 0 Å². The van der Waals surface area contributed by atoms with Crippen molar-refractivity contribution in [3.8, 4) is 11.5 Å². The number of tetrazole rings is 1. The summed E-state index contributed by atoms with van der Waals surface area (Å²) in [5.41, 5.74) is 4.44. The molecule has 0 spiro atoms. The predicted octanol–water partition coefficient (Wildman–Crippen LogP) is 3.45. The lowest BCUT2D eigenvalue weighted by Gasteiger charge is -2.27. The van der Waals surface area contributed by atoms with Gasteiger partial charge in [-0.05, 0) is 60.0 Å². The van der Waals surface area contributed by atoms with Gasteiger partial charge in [-0.2, -0.15) is 4.68 Å². The Morgan fingerprint density at radius 3 is 2.70 bits per heavy atom. The van der Waals surface area contributed by atoms with Crippen LogP contribution in [-0.4, -0.2) is 33.1 Å². The van der Waals surface area contributed by atoms with Crippen molar-refractivity contribution in [3.63, 3.8) is 0 Å². The number of aromatic nitrogens is 4. The van der Waals surface area contributed by atoms with E-state index in [0.717, 1.165) is 16.8 Å². The average molecular weight is 405 g/mol. The summed E-state index contributed by atoms with van der Waals surface area (Å²) < 4.78 is 13.2. The molecule has 2 aromatic carbocycles. The molecule has 1 unspecified atom stereocenters. The highest BCUT2D eigenvalue weighted by molar-refractivity contribution is 5.96. The molecule has 1 aliphatic heterocycles. The minimum Gasteiger partial charge on any atom is -0.493 e. The Morgan fingerprint density at radius 1 is 1.17 bits per heavy atom. The molecule has 0 fully saturated rings. The summed E-state index contributed by atoms with van der Waals surface area (Å²) in [6.07, 6.45) is 0. The van der Waals surface area contributed by atoms with Crippen LogP contribution in [0.5, 0.6) is 11.5 Å². The van der Waals surface area contributed by atoms with E-state index in [1.165, 1.54) is 5.56 Å². The number of hydrogen-bond donors (Lipinski definition) is 1. The molecule has 1 N–H and O–H groups in total. The van der Waals surface area contributed by atoms with Crippen molar-refractivity contribution in [2.45, 2.75) is 33.4 Å². The molecule has 0 bridgehead atoms. The number of nitrogens with zero attached hydrogens (tertiary/aromatic N) is 4. The lowest BCUT2D eigenvalue weighted by molar-refractivity contribution is -0.114. The van der Waals surface area contributed by atoms with Gasteiger partial charge in [0.25, 0.3) is 0 Å². The number of aryl methyl sites for hydroxylation is 1. The van der Waals surface area contributed by atoms with Crippen LogP contribution >= 0.6 is 0 Å². The van der Waals surface area contributed by atoms with Gasteiger partial charge < -0.3 is 14.8 Å². The van der Waals surface area contributed by atoms with Crippen LogP contribution in [0.4, 0.5) is 5.95 Å². The Balaban J connectivity index is 1.69. The number of carbonyl (C=O) groups is 1. The van der Waals surface area contributed by atoms with Crippen LogP contribution in [0.2, 0.25) is 0 Å². The average Bonchev–Trinajstić information content (AvgIpc) is 3.20.